The first-order valence-electron chi connectivity index (χ1n) is 6.24. The summed E-state index contributed by atoms with van der Waals surface area (Å²) >= 11 is 1.70. The van der Waals surface area contributed by atoms with E-state index in [0.717, 1.165) is 31.7 Å². The predicted molar refractivity (Wildman–Crippen MR) is 72.2 cm³/mol. The van der Waals surface area contributed by atoms with Crippen LogP contribution >= 0.6 is 11.8 Å². The minimum Gasteiger partial charge on any atom is -0.396 e. The number of carbonyl (C=O) groups excluding carboxylic acids is 1. The van der Waals surface area contributed by atoms with Crippen LogP contribution in [-0.2, 0) is 4.79 Å². The number of carbonyl (C=O) groups is 1. The number of thioether (sulfide) groups is 1. The van der Waals surface area contributed by atoms with Gasteiger partial charge in [-0.1, -0.05) is 0 Å². The van der Waals surface area contributed by atoms with Crippen molar-refractivity contribution in [2.75, 3.05) is 31.7 Å². The molecule has 1 rings (SSSR count). The Kier molecular flexibility index (Phi) is 6.30. The first-order valence-corrected chi connectivity index (χ1v) is 7.63. The molecule has 0 spiro atoms. The summed E-state index contributed by atoms with van der Waals surface area (Å²) in [6.07, 6.45) is 4.64. The van der Waals surface area contributed by atoms with Crippen molar-refractivity contribution in [3.8, 4) is 0 Å². The number of rotatable bonds is 6. The molecule has 1 aliphatic rings. The molecular weight excluding hydrogens is 236 g/mol. The standard InChI is InChI=1S/C12H24N2O2S/c1-12(5-3-6-13-9-12)11(16)14-10(4-7-15)8-17-2/h10,13,15H,3-9H2,1-2H3,(H,14,16). The molecule has 2 atom stereocenters. The largest absolute Gasteiger partial charge is 0.396 e. The Labute approximate surface area is 108 Å². The van der Waals surface area contributed by atoms with E-state index >= 15 is 0 Å². The monoisotopic (exact) mass is 260 g/mol. The topological polar surface area (TPSA) is 61.4 Å². The van der Waals surface area contributed by atoms with E-state index in [-0.39, 0.29) is 24.0 Å². The van der Waals surface area contributed by atoms with Crippen molar-refractivity contribution in [1.29, 1.82) is 0 Å². The van der Waals surface area contributed by atoms with Crippen molar-refractivity contribution in [2.45, 2.75) is 32.2 Å². The summed E-state index contributed by atoms with van der Waals surface area (Å²) in [6, 6.07) is 0.0845. The Morgan fingerprint density at radius 2 is 2.41 bits per heavy atom. The normalized spacial score (nSPS) is 26.5. The fraction of sp³-hybridized carbons (Fsp3) is 0.917. The first-order chi connectivity index (χ1) is 8.12. The smallest absolute Gasteiger partial charge is 0.227 e. The molecule has 2 unspecified atom stereocenters. The van der Waals surface area contributed by atoms with Gasteiger partial charge in [-0.25, -0.2) is 0 Å². The van der Waals surface area contributed by atoms with Gasteiger partial charge in [-0.3, -0.25) is 4.79 Å². The molecule has 1 fully saturated rings. The Morgan fingerprint density at radius 1 is 1.65 bits per heavy atom. The van der Waals surface area contributed by atoms with E-state index in [1.165, 1.54) is 0 Å². The van der Waals surface area contributed by atoms with Crippen LogP contribution in [0.25, 0.3) is 0 Å². The third kappa shape index (κ3) is 4.48. The van der Waals surface area contributed by atoms with Crippen LogP contribution in [0.3, 0.4) is 0 Å². The molecule has 5 heteroatoms. The van der Waals surface area contributed by atoms with Gasteiger partial charge in [-0.2, -0.15) is 11.8 Å². The van der Waals surface area contributed by atoms with E-state index in [1.54, 1.807) is 11.8 Å². The quantitative estimate of drug-likeness (QED) is 0.655. The summed E-state index contributed by atoms with van der Waals surface area (Å²) in [5.74, 6) is 0.979. The molecule has 1 aliphatic heterocycles. The van der Waals surface area contributed by atoms with Gasteiger partial charge in [0.1, 0.15) is 0 Å². The molecule has 0 aromatic rings. The summed E-state index contributed by atoms with van der Waals surface area (Å²) in [7, 11) is 0. The van der Waals surface area contributed by atoms with Crippen LogP contribution in [-0.4, -0.2) is 48.8 Å². The van der Waals surface area contributed by atoms with E-state index in [4.69, 9.17) is 5.11 Å². The Morgan fingerprint density at radius 3 is 2.94 bits per heavy atom. The average molecular weight is 260 g/mol. The molecule has 100 valence electrons. The third-order valence-corrected chi connectivity index (χ3v) is 4.06. The Hall–Kier alpha value is -0.260. The van der Waals surface area contributed by atoms with E-state index in [0.29, 0.717) is 6.42 Å². The second-order valence-corrected chi connectivity index (χ2v) is 5.89. The van der Waals surface area contributed by atoms with Gasteiger partial charge < -0.3 is 15.7 Å². The van der Waals surface area contributed by atoms with Crippen molar-refractivity contribution < 1.29 is 9.90 Å². The highest BCUT2D eigenvalue weighted by Crippen LogP contribution is 2.25. The average Bonchev–Trinajstić information content (AvgIpc) is 2.30. The van der Waals surface area contributed by atoms with E-state index in [2.05, 4.69) is 10.6 Å². The number of piperidine rings is 1. The van der Waals surface area contributed by atoms with Crippen molar-refractivity contribution in [3.05, 3.63) is 0 Å². The zero-order valence-electron chi connectivity index (χ0n) is 10.8. The molecule has 0 aromatic heterocycles. The molecule has 0 bridgehead atoms. The SMILES string of the molecule is CSCC(CCO)NC(=O)C1(C)CCCNC1. The first kappa shape index (κ1) is 14.8. The van der Waals surface area contributed by atoms with Gasteiger partial charge in [0.05, 0.1) is 5.41 Å². The van der Waals surface area contributed by atoms with Crippen LogP contribution in [0.5, 0.6) is 0 Å². The third-order valence-electron chi connectivity index (χ3n) is 3.33. The summed E-state index contributed by atoms with van der Waals surface area (Å²) in [5, 5.41) is 15.3. The van der Waals surface area contributed by atoms with Crippen molar-refractivity contribution in [3.63, 3.8) is 0 Å². The van der Waals surface area contributed by atoms with Crippen LogP contribution in [0, 0.1) is 5.41 Å². The van der Waals surface area contributed by atoms with Crippen LogP contribution in [0.4, 0.5) is 0 Å². The Balaban J connectivity index is 2.49. The summed E-state index contributed by atoms with van der Waals surface area (Å²) in [6.45, 7) is 3.90. The molecule has 1 heterocycles. The van der Waals surface area contributed by atoms with Gasteiger partial charge in [0.15, 0.2) is 0 Å². The molecule has 4 nitrogen and oxygen atoms in total. The van der Waals surface area contributed by atoms with Gasteiger partial charge in [0.2, 0.25) is 5.91 Å². The molecule has 1 saturated heterocycles. The lowest BCUT2D eigenvalue weighted by atomic mass is 9.81. The van der Waals surface area contributed by atoms with Gasteiger partial charge >= 0.3 is 0 Å². The van der Waals surface area contributed by atoms with Crippen molar-refractivity contribution in [1.82, 2.24) is 10.6 Å². The molecule has 0 saturated carbocycles. The highest BCUT2D eigenvalue weighted by molar-refractivity contribution is 7.98. The van der Waals surface area contributed by atoms with Crippen molar-refractivity contribution >= 4 is 17.7 Å². The number of aliphatic hydroxyl groups is 1. The lowest BCUT2D eigenvalue weighted by Crippen LogP contribution is -2.51. The molecule has 0 aromatic carbocycles. The van der Waals surface area contributed by atoms with Crippen LogP contribution in [0.15, 0.2) is 0 Å². The van der Waals surface area contributed by atoms with Crippen LogP contribution < -0.4 is 10.6 Å². The molecule has 1 amide bonds. The summed E-state index contributed by atoms with van der Waals surface area (Å²) in [4.78, 5) is 12.2. The molecular formula is C12H24N2O2S. The number of hydrogen-bond donors (Lipinski definition) is 3. The molecule has 0 radical (unpaired) electrons. The Bertz CT molecular complexity index is 237. The minimum absolute atomic E-state index is 0.0845. The van der Waals surface area contributed by atoms with Crippen LogP contribution in [0.1, 0.15) is 26.2 Å². The van der Waals surface area contributed by atoms with Gasteiger partial charge in [0.25, 0.3) is 0 Å². The predicted octanol–water partition coefficient (Wildman–Crippen LogP) is 0.606. The van der Waals surface area contributed by atoms with Gasteiger partial charge in [-0.15, -0.1) is 0 Å². The number of aliphatic hydroxyl groups excluding tert-OH is 1. The van der Waals surface area contributed by atoms with E-state index in [9.17, 15) is 4.79 Å². The minimum atomic E-state index is -0.287. The zero-order chi connectivity index (χ0) is 12.7. The molecule has 0 aliphatic carbocycles. The maximum absolute atomic E-state index is 12.2. The van der Waals surface area contributed by atoms with Crippen LogP contribution in [0.2, 0.25) is 0 Å². The summed E-state index contributed by atoms with van der Waals surface area (Å²) < 4.78 is 0. The lowest BCUT2D eigenvalue weighted by molar-refractivity contribution is -0.131. The van der Waals surface area contributed by atoms with Crippen molar-refractivity contribution in [2.24, 2.45) is 5.41 Å². The zero-order valence-corrected chi connectivity index (χ0v) is 11.6. The maximum Gasteiger partial charge on any atom is 0.227 e. The van der Waals surface area contributed by atoms with E-state index in [1.807, 2.05) is 13.2 Å². The summed E-state index contributed by atoms with van der Waals surface area (Å²) in [5.41, 5.74) is -0.287. The number of amides is 1. The highest BCUT2D eigenvalue weighted by Gasteiger charge is 2.35. The second-order valence-electron chi connectivity index (χ2n) is 4.98. The fourth-order valence-corrected chi connectivity index (χ4v) is 2.82. The maximum atomic E-state index is 12.2. The number of hydrogen-bond acceptors (Lipinski definition) is 4. The van der Waals surface area contributed by atoms with E-state index < -0.39 is 0 Å². The fourth-order valence-electron chi connectivity index (χ4n) is 2.16. The molecule has 17 heavy (non-hydrogen) atoms. The number of nitrogens with one attached hydrogen (secondary N) is 2. The lowest BCUT2D eigenvalue weighted by Gasteiger charge is -2.34. The van der Waals surface area contributed by atoms with Gasteiger partial charge in [0, 0.05) is 24.9 Å². The molecule has 3 N–H and O–H groups in total. The highest BCUT2D eigenvalue weighted by atomic mass is 32.2. The second kappa shape index (κ2) is 7.24. The van der Waals surface area contributed by atoms with Gasteiger partial charge in [-0.05, 0) is 39.0 Å².